The number of carbonyl (C=O) groups excluding carboxylic acids is 1. The van der Waals surface area contributed by atoms with Crippen LogP contribution in [0.4, 0.5) is 0 Å². The summed E-state index contributed by atoms with van der Waals surface area (Å²) in [6.45, 7) is 5.11. The molecular weight excluding hydrogens is 334 g/mol. The molecule has 0 spiro atoms. The summed E-state index contributed by atoms with van der Waals surface area (Å²) >= 11 is 6.26. The van der Waals surface area contributed by atoms with E-state index in [9.17, 15) is 14.7 Å². The number of amides is 1. The number of likely N-dealkylation sites (tertiary alicyclic amines) is 1. The summed E-state index contributed by atoms with van der Waals surface area (Å²) < 4.78 is 11.2. The van der Waals surface area contributed by atoms with Crippen molar-refractivity contribution in [2.75, 3.05) is 19.8 Å². The SMILES string of the molecule is CCCOc1c(Cl)cc(C(=O)N2CCCC2C(=O)O)cc1OCC. The molecule has 1 amide bonds. The van der Waals surface area contributed by atoms with Crippen molar-refractivity contribution < 1.29 is 24.2 Å². The Morgan fingerprint density at radius 2 is 2.08 bits per heavy atom. The minimum Gasteiger partial charge on any atom is -0.490 e. The predicted octanol–water partition coefficient (Wildman–Crippen LogP) is 3.22. The van der Waals surface area contributed by atoms with E-state index in [-0.39, 0.29) is 10.9 Å². The van der Waals surface area contributed by atoms with Crippen LogP contribution in [0.3, 0.4) is 0 Å². The van der Waals surface area contributed by atoms with Gasteiger partial charge in [0.1, 0.15) is 6.04 Å². The number of nitrogens with zero attached hydrogens (tertiary/aromatic N) is 1. The van der Waals surface area contributed by atoms with Gasteiger partial charge in [-0.1, -0.05) is 18.5 Å². The van der Waals surface area contributed by atoms with E-state index in [1.165, 1.54) is 11.0 Å². The topological polar surface area (TPSA) is 76.1 Å². The van der Waals surface area contributed by atoms with Gasteiger partial charge in [0.2, 0.25) is 0 Å². The van der Waals surface area contributed by atoms with Gasteiger partial charge in [0.05, 0.1) is 18.2 Å². The highest BCUT2D eigenvalue weighted by Crippen LogP contribution is 2.37. The zero-order chi connectivity index (χ0) is 17.7. The monoisotopic (exact) mass is 355 g/mol. The first kappa shape index (κ1) is 18.4. The van der Waals surface area contributed by atoms with E-state index in [1.54, 1.807) is 6.07 Å². The summed E-state index contributed by atoms with van der Waals surface area (Å²) in [6.07, 6.45) is 1.95. The van der Waals surface area contributed by atoms with Crippen molar-refractivity contribution in [3.8, 4) is 11.5 Å². The molecule has 0 saturated carbocycles. The summed E-state index contributed by atoms with van der Waals surface area (Å²) in [4.78, 5) is 25.4. The molecule has 1 aliphatic rings. The molecule has 24 heavy (non-hydrogen) atoms. The smallest absolute Gasteiger partial charge is 0.326 e. The first-order valence-electron chi connectivity index (χ1n) is 8.12. The van der Waals surface area contributed by atoms with E-state index in [2.05, 4.69) is 0 Å². The maximum atomic E-state index is 12.7. The van der Waals surface area contributed by atoms with Crippen molar-refractivity contribution in [1.29, 1.82) is 0 Å². The predicted molar refractivity (Wildman–Crippen MR) is 90.1 cm³/mol. The second-order valence-corrected chi connectivity index (χ2v) is 5.97. The van der Waals surface area contributed by atoms with E-state index in [1.807, 2.05) is 13.8 Å². The second-order valence-electron chi connectivity index (χ2n) is 5.56. The van der Waals surface area contributed by atoms with Gasteiger partial charge < -0.3 is 19.5 Å². The molecule has 0 bridgehead atoms. The summed E-state index contributed by atoms with van der Waals surface area (Å²) in [6, 6.07) is 2.29. The molecule has 1 atom stereocenters. The Balaban J connectivity index is 2.32. The molecule has 0 aliphatic carbocycles. The molecular formula is C17H22ClNO5. The lowest BCUT2D eigenvalue weighted by Gasteiger charge is -2.22. The van der Waals surface area contributed by atoms with E-state index >= 15 is 0 Å². The van der Waals surface area contributed by atoms with Crippen LogP contribution < -0.4 is 9.47 Å². The highest BCUT2D eigenvalue weighted by Gasteiger charge is 2.35. The maximum Gasteiger partial charge on any atom is 0.326 e. The molecule has 1 aromatic carbocycles. The standard InChI is InChI=1S/C17H22ClNO5/c1-3-8-24-15-12(18)9-11(10-14(15)23-4-2)16(20)19-7-5-6-13(19)17(21)22/h9-10,13H,3-8H2,1-2H3,(H,21,22). The Kier molecular flexibility index (Phi) is 6.31. The van der Waals surface area contributed by atoms with Crippen LogP contribution in [0.25, 0.3) is 0 Å². The molecule has 6 nitrogen and oxygen atoms in total. The average Bonchev–Trinajstić information content (AvgIpc) is 3.03. The van der Waals surface area contributed by atoms with Gasteiger partial charge in [-0.3, -0.25) is 4.79 Å². The minimum absolute atomic E-state index is 0.281. The molecule has 1 unspecified atom stereocenters. The molecule has 1 saturated heterocycles. The fraction of sp³-hybridized carbons (Fsp3) is 0.529. The number of carboxylic acid groups (broad SMARTS) is 1. The molecule has 132 valence electrons. The Bertz CT molecular complexity index is 619. The summed E-state index contributed by atoms with van der Waals surface area (Å²) in [5.74, 6) is -0.536. The quantitative estimate of drug-likeness (QED) is 0.812. The van der Waals surface area contributed by atoms with Crippen LogP contribution in [0.1, 0.15) is 43.5 Å². The first-order valence-corrected chi connectivity index (χ1v) is 8.50. The third-order valence-electron chi connectivity index (χ3n) is 3.81. The van der Waals surface area contributed by atoms with Crippen LogP contribution in [-0.4, -0.2) is 47.7 Å². The van der Waals surface area contributed by atoms with Gasteiger partial charge in [-0.25, -0.2) is 4.79 Å². The number of hydrogen-bond donors (Lipinski definition) is 1. The van der Waals surface area contributed by atoms with Crippen molar-refractivity contribution >= 4 is 23.5 Å². The fourth-order valence-electron chi connectivity index (χ4n) is 2.73. The lowest BCUT2D eigenvalue weighted by Crippen LogP contribution is -2.40. The van der Waals surface area contributed by atoms with Gasteiger partial charge in [0.25, 0.3) is 5.91 Å². The number of halogens is 1. The number of benzene rings is 1. The van der Waals surface area contributed by atoms with E-state index in [4.69, 9.17) is 21.1 Å². The third-order valence-corrected chi connectivity index (χ3v) is 4.09. The van der Waals surface area contributed by atoms with Crippen LogP contribution >= 0.6 is 11.6 Å². The highest BCUT2D eigenvalue weighted by molar-refractivity contribution is 6.32. The van der Waals surface area contributed by atoms with Gasteiger partial charge >= 0.3 is 5.97 Å². The zero-order valence-corrected chi connectivity index (χ0v) is 14.6. The molecule has 1 fully saturated rings. The van der Waals surface area contributed by atoms with Crippen molar-refractivity contribution in [3.63, 3.8) is 0 Å². The van der Waals surface area contributed by atoms with Crippen molar-refractivity contribution in [2.24, 2.45) is 0 Å². The molecule has 0 aromatic heterocycles. The van der Waals surface area contributed by atoms with Crippen molar-refractivity contribution in [2.45, 2.75) is 39.2 Å². The molecule has 1 N–H and O–H groups in total. The van der Waals surface area contributed by atoms with E-state index in [0.29, 0.717) is 49.7 Å². The molecule has 7 heteroatoms. The van der Waals surface area contributed by atoms with Gasteiger partial charge in [-0.15, -0.1) is 0 Å². The summed E-state index contributed by atoms with van der Waals surface area (Å²) in [5, 5.41) is 9.53. The summed E-state index contributed by atoms with van der Waals surface area (Å²) in [7, 11) is 0. The van der Waals surface area contributed by atoms with Crippen molar-refractivity contribution in [1.82, 2.24) is 4.90 Å². The Morgan fingerprint density at radius 1 is 1.33 bits per heavy atom. The summed E-state index contributed by atoms with van der Waals surface area (Å²) in [5.41, 5.74) is 0.306. The minimum atomic E-state index is -0.986. The van der Waals surface area contributed by atoms with Crippen molar-refractivity contribution in [3.05, 3.63) is 22.7 Å². The Morgan fingerprint density at radius 3 is 2.71 bits per heavy atom. The fourth-order valence-corrected chi connectivity index (χ4v) is 3.00. The highest BCUT2D eigenvalue weighted by atomic mass is 35.5. The molecule has 1 heterocycles. The van der Waals surface area contributed by atoms with Gasteiger partial charge in [0.15, 0.2) is 11.5 Å². The second kappa shape index (κ2) is 8.24. The normalized spacial score (nSPS) is 17.0. The van der Waals surface area contributed by atoms with Crippen LogP contribution in [0.2, 0.25) is 5.02 Å². The number of hydrogen-bond acceptors (Lipinski definition) is 4. The van der Waals surface area contributed by atoms with E-state index < -0.39 is 12.0 Å². The number of carboxylic acids is 1. The lowest BCUT2D eigenvalue weighted by atomic mass is 10.1. The lowest BCUT2D eigenvalue weighted by molar-refractivity contribution is -0.141. The number of aliphatic carboxylic acids is 1. The van der Waals surface area contributed by atoms with Crippen LogP contribution in [0.15, 0.2) is 12.1 Å². The van der Waals surface area contributed by atoms with Crippen LogP contribution in [0.5, 0.6) is 11.5 Å². The van der Waals surface area contributed by atoms with Crippen LogP contribution in [0, 0.1) is 0 Å². The third kappa shape index (κ3) is 3.93. The number of rotatable bonds is 7. The largest absolute Gasteiger partial charge is 0.490 e. The number of carbonyl (C=O) groups is 2. The number of ether oxygens (including phenoxy) is 2. The molecule has 0 radical (unpaired) electrons. The maximum absolute atomic E-state index is 12.7. The van der Waals surface area contributed by atoms with Gasteiger partial charge in [-0.2, -0.15) is 0 Å². The molecule has 1 aliphatic heterocycles. The van der Waals surface area contributed by atoms with Gasteiger partial charge in [0, 0.05) is 12.1 Å². The van der Waals surface area contributed by atoms with E-state index in [0.717, 1.165) is 6.42 Å². The van der Waals surface area contributed by atoms with Crippen LogP contribution in [-0.2, 0) is 4.79 Å². The average molecular weight is 356 g/mol. The Labute approximate surface area is 146 Å². The Hall–Kier alpha value is -1.95. The molecule has 1 aromatic rings. The molecule has 2 rings (SSSR count). The first-order chi connectivity index (χ1) is 11.5. The zero-order valence-electron chi connectivity index (χ0n) is 13.9. The van der Waals surface area contributed by atoms with Gasteiger partial charge in [-0.05, 0) is 38.3 Å².